The molecule has 0 saturated carbocycles. The molecule has 2 aromatic carbocycles. The average molecular weight is 533 g/mol. The van der Waals surface area contributed by atoms with Crippen LogP contribution in [0, 0.1) is 20.2 Å². The molecule has 0 heterocycles. The van der Waals surface area contributed by atoms with Crippen molar-refractivity contribution in [2.75, 3.05) is 26.8 Å². The maximum absolute atomic E-state index is 12.8. The van der Waals surface area contributed by atoms with E-state index in [4.69, 9.17) is 4.74 Å². The number of rotatable bonds is 13. The third-order valence-electron chi connectivity index (χ3n) is 4.67. The van der Waals surface area contributed by atoms with E-state index in [1.807, 2.05) is 0 Å². The molecule has 1 atom stereocenters. The van der Waals surface area contributed by atoms with Gasteiger partial charge in [0.1, 0.15) is 25.1 Å². The Labute approximate surface area is 207 Å². The Morgan fingerprint density at radius 3 is 2.06 bits per heavy atom. The SMILES string of the molecule is CN(CC[C@@H](Oc1ccc(C(F)(F)F)cc1)c1ccccc1)C(=O)SC(CO[N+](=O)[O-])CO[N+](=O)[O-]. The van der Waals surface area contributed by atoms with Gasteiger partial charge in [0, 0.05) is 20.0 Å². The Kier molecular flexibility index (Phi) is 10.6. The molecule has 15 heteroatoms. The summed E-state index contributed by atoms with van der Waals surface area (Å²) in [5, 5.41) is 17.1. The molecule has 2 aromatic rings. The smallest absolute Gasteiger partial charge is 0.416 e. The maximum atomic E-state index is 12.8. The zero-order chi connectivity index (χ0) is 26.7. The molecule has 0 aliphatic heterocycles. The van der Waals surface area contributed by atoms with Crippen LogP contribution in [0.3, 0.4) is 0 Å². The average Bonchev–Trinajstić information content (AvgIpc) is 2.83. The molecule has 0 aliphatic rings. The summed E-state index contributed by atoms with van der Waals surface area (Å²) < 4.78 is 44.4. The van der Waals surface area contributed by atoms with E-state index in [2.05, 4.69) is 9.68 Å². The molecule has 0 unspecified atom stereocenters. The lowest BCUT2D eigenvalue weighted by Gasteiger charge is -2.24. The van der Waals surface area contributed by atoms with Crippen LogP contribution in [0.15, 0.2) is 54.6 Å². The Morgan fingerprint density at radius 1 is 1.00 bits per heavy atom. The number of carbonyl (C=O) groups is 1. The van der Waals surface area contributed by atoms with Crippen molar-refractivity contribution in [1.29, 1.82) is 0 Å². The summed E-state index contributed by atoms with van der Waals surface area (Å²) >= 11 is 0.573. The van der Waals surface area contributed by atoms with Gasteiger partial charge in [0.15, 0.2) is 0 Å². The Morgan fingerprint density at radius 2 is 1.56 bits per heavy atom. The Balaban J connectivity index is 2.04. The second-order valence-corrected chi connectivity index (χ2v) is 8.55. The first-order valence-corrected chi connectivity index (χ1v) is 11.2. The number of thioether (sulfide) groups is 1. The molecule has 196 valence electrons. The topological polar surface area (TPSA) is 134 Å². The van der Waals surface area contributed by atoms with Crippen molar-refractivity contribution in [3.63, 3.8) is 0 Å². The quantitative estimate of drug-likeness (QED) is 0.263. The number of benzene rings is 2. The van der Waals surface area contributed by atoms with Gasteiger partial charge < -0.3 is 19.3 Å². The first-order valence-electron chi connectivity index (χ1n) is 10.3. The maximum Gasteiger partial charge on any atom is 0.416 e. The van der Waals surface area contributed by atoms with E-state index in [-0.39, 0.29) is 18.7 Å². The molecule has 0 fully saturated rings. The summed E-state index contributed by atoms with van der Waals surface area (Å²) in [7, 11) is 1.45. The van der Waals surface area contributed by atoms with Crippen LogP contribution in [0.4, 0.5) is 18.0 Å². The fourth-order valence-electron chi connectivity index (χ4n) is 2.89. The fraction of sp³-hybridized carbons (Fsp3) is 0.381. The van der Waals surface area contributed by atoms with Gasteiger partial charge in [0.25, 0.3) is 15.4 Å². The molecule has 0 radical (unpaired) electrons. The van der Waals surface area contributed by atoms with E-state index in [0.29, 0.717) is 11.8 Å². The molecule has 1 amide bonds. The van der Waals surface area contributed by atoms with Crippen LogP contribution < -0.4 is 4.74 Å². The van der Waals surface area contributed by atoms with E-state index >= 15 is 0 Å². The molecular formula is C21H22F3N3O8S. The van der Waals surface area contributed by atoms with Gasteiger partial charge in [0.2, 0.25) is 0 Å². The van der Waals surface area contributed by atoms with Crippen molar-refractivity contribution in [1.82, 2.24) is 4.90 Å². The number of carbonyl (C=O) groups excluding carboxylic acids is 1. The lowest BCUT2D eigenvalue weighted by molar-refractivity contribution is -0.765. The van der Waals surface area contributed by atoms with Crippen LogP contribution in [-0.4, -0.2) is 52.4 Å². The number of nitrogens with zero attached hydrogens (tertiary/aromatic N) is 3. The van der Waals surface area contributed by atoms with Gasteiger partial charge in [-0.15, -0.1) is 20.2 Å². The first kappa shape index (κ1) is 28.5. The largest absolute Gasteiger partial charge is 0.486 e. The van der Waals surface area contributed by atoms with Crippen LogP contribution in [0.1, 0.15) is 23.7 Å². The number of alkyl halides is 3. The second kappa shape index (κ2) is 13.4. The number of halogens is 3. The molecule has 11 nitrogen and oxygen atoms in total. The highest BCUT2D eigenvalue weighted by atomic mass is 32.2. The highest BCUT2D eigenvalue weighted by Crippen LogP contribution is 2.32. The standard InChI is InChI=1S/C21H22F3N3O8S/c1-25(20(28)36-18(13-33-26(29)30)14-34-27(31)32)12-11-19(15-5-3-2-4-6-15)35-17-9-7-16(8-10-17)21(22,23)24/h2-10,18-19H,11-14H2,1H3/t19-/m1/s1. The number of ether oxygens (including phenoxy) is 1. The van der Waals surface area contributed by atoms with Crippen LogP contribution in [0.2, 0.25) is 0 Å². The normalized spacial score (nSPS) is 12.0. The van der Waals surface area contributed by atoms with E-state index in [1.165, 1.54) is 24.1 Å². The van der Waals surface area contributed by atoms with Crippen LogP contribution in [0.25, 0.3) is 0 Å². The fourth-order valence-corrected chi connectivity index (χ4v) is 3.70. The third-order valence-corrected chi connectivity index (χ3v) is 5.79. The number of hydrogen-bond acceptors (Lipinski definition) is 9. The van der Waals surface area contributed by atoms with Gasteiger partial charge in [0.05, 0.1) is 10.8 Å². The zero-order valence-corrected chi connectivity index (χ0v) is 19.6. The molecule has 0 bridgehead atoms. The van der Waals surface area contributed by atoms with Crippen molar-refractivity contribution in [3.05, 3.63) is 86.0 Å². The summed E-state index contributed by atoms with van der Waals surface area (Å²) in [4.78, 5) is 43.1. The lowest BCUT2D eigenvalue weighted by atomic mass is 10.1. The predicted octanol–water partition coefficient (Wildman–Crippen LogP) is 4.79. The van der Waals surface area contributed by atoms with Crippen molar-refractivity contribution in [2.45, 2.75) is 24.0 Å². The molecule has 0 aromatic heterocycles. The van der Waals surface area contributed by atoms with Gasteiger partial charge in [-0.2, -0.15) is 13.2 Å². The van der Waals surface area contributed by atoms with E-state index < -0.39 is 51.7 Å². The molecule has 0 N–H and O–H groups in total. The summed E-state index contributed by atoms with van der Waals surface area (Å²) in [5.41, 5.74) is -0.0901. The number of amides is 1. The van der Waals surface area contributed by atoms with E-state index in [9.17, 15) is 38.2 Å². The monoisotopic (exact) mass is 533 g/mol. The minimum Gasteiger partial charge on any atom is -0.486 e. The summed E-state index contributed by atoms with van der Waals surface area (Å²) in [6, 6.07) is 13.1. The van der Waals surface area contributed by atoms with E-state index in [1.54, 1.807) is 30.3 Å². The van der Waals surface area contributed by atoms with Gasteiger partial charge in [-0.05, 0) is 29.8 Å². The first-order chi connectivity index (χ1) is 17.0. The molecule has 36 heavy (non-hydrogen) atoms. The van der Waals surface area contributed by atoms with E-state index in [0.717, 1.165) is 17.7 Å². The molecule has 2 rings (SSSR count). The van der Waals surface area contributed by atoms with Crippen molar-refractivity contribution in [3.8, 4) is 5.75 Å². The van der Waals surface area contributed by atoms with Gasteiger partial charge >= 0.3 is 6.18 Å². The molecular weight excluding hydrogens is 511 g/mol. The van der Waals surface area contributed by atoms with Crippen molar-refractivity contribution >= 4 is 17.0 Å². The summed E-state index contributed by atoms with van der Waals surface area (Å²) in [5.74, 6) is 0.203. The minimum absolute atomic E-state index is 0.130. The Bertz CT molecular complexity index is 994. The van der Waals surface area contributed by atoms with Gasteiger partial charge in [-0.1, -0.05) is 42.1 Å². The molecule has 0 spiro atoms. The zero-order valence-electron chi connectivity index (χ0n) is 18.8. The highest BCUT2D eigenvalue weighted by molar-refractivity contribution is 8.14. The van der Waals surface area contributed by atoms with Crippen LogP contribution in [0.5, 0.6) is 5.75 Å². The minimum atomic E-state index is -4.48. The van der Waals surface area contributed by atoms with Gasteiger partial charge in [-0.3, -0.25) is 4.79 Å². The second-order valence-electron chi connectivity index (χ2n) is 7.29. The third kappa shape index (κ3) is 9.85. The number of hydrogen-bond donors (Lipinski definition) is 0. The van der Waals surface area contributed by atoms with Gasteiger partial charge in [-0.25, -0.2) is 0 Å². The van der Waals surface area contributed by atoms with Crippen molar-refractivity contribution < 1.29 is 42.6 Å². The molecule has 0 aliphatic carbocycles. The highest BCUT2D eigenvalue weighted by Gasteiger charge is 2.30. The Hall–Kier alpha value is -3.75. The predicted molar refractivity (Wildman–Crippen MR) is 121 cm³/mol. The van der Waals surface area contributed by atoms with Crippen LogP contribution >= 0.6 is 11.8 Å². The van der Waals surface area contributed by atoms with Crippen LogP contribution in [-0.2, 0) is 15.9 Å². The lowest BCUT2D eigenvalue weighted by Crippen LogP contribution is -2.31. The summed E-state index contributed by atoms with van der Waals surface area (Å²) in [6.45, 7) is -1.07. The summed E-state index contributed by atoms with van der Waals surface area (Å²) in [6.07, 6.45) is -4.85. The molecule has 0 saturated heterocycles. The van der Waals surface area contributed by atoms with Crippen molar-refractivity contribution in [2.24, 2.45) is 0 Å².